The number of nitrogens with zero attached hydrogens (tertiary/aromatic N) is 2. The van der Waals surface area contributed by atoms with Crippen LogP contribution in [-0.2, 0) is 19.7 Å². The molecule has 1 heterocycles. The Morgan fingerprint density at radius 3 is 3.00 bits per heavy atom. The summed E-state index contributed by atoms with van der Waals surface area (Å²) in [7, 11) is 0. The van der Waals surface area contributed by atoms with Crippen molar-refractivity contribution in [1.82, 2.24) is 15.1 Å². The Morgan fingerprint density at radius 1 is 1.43 bits per heavy atom. The number of aromatic nitrogens is 2. The molecule has 0 bridgehead atoms. The number of rotatable bonds is 7. The molecule has 0 amide bonds. The van der Waals surface area contributed by atoms with Gasteiger partial charge >= 0.3 is 0 Å². The zero-order valence-electron chi connectivity index (χ0n) is 12.2. The van der Waals surface area contributed by atoms with Crippen molar-refractivity contribution in [2.45, 2.75) is 45.5 Å². The Balaban J connectivity index is 1.67. The van der Waals surface area contributed by atoms with Gasteiger partial charge in [-0.05, 0) is 25.8 Å². The lowest BCUT2D eigenvalue weighted by atomic mass is 10.2. The van der Waals surface area contributed by atoms with Crippen molar-refractivity contribution in [3.8, 4) is 5.75 Å². The molecule has 0 saturated heterocycles. The Bertz CT molecular complexity index is 607. The minimum Gasteiger partial charge on any atom is -0.485 e. The van der Waals surface area contributed by atoms with Gasteiger partial charge in [0.25, 0.3) is 0 Å². The second kappa shape index (κ2) is 6.26. The molecule has 2 aromatic rings. The van der Waals surface area contributed by atoms with Crippen LogP contribution in [0.3, 0.4) is 0 Å². The second-order valence-electron chi connectivity index (χ2n) is 5.38. The lowest BCUT2D eigenvalue weighted by molar-refractivity contribution is 0.286. The molecule has 0 unspecified atom stereocenters. The summed E-state index contributed by atoms with van der Waals surface area (Å²) in [5, 5.41) is 7.58. The van der Waals surface area contributed by atoms with Crippen molar-refractivity contribution >= 4 is 0 Å². The summed E-state index contributed by atoms with van der Waals surface area (Å²) in [4.78, 5) is 0. The molecule has 112 valence electrons. The Morgan fingerprint density at radius 2 is 2.29 bits per heavy atom. The van der Waals surface area contributed by atoms with Crippen LogP contribution >= 0.6 is 0 Å². The fourth-order valence-electron chi connectivity index (χ4n) is 2.21. The molecule has 1 aliphatic carbocycles. The minimum atomic E-state index is -0.312. The Kier molecular flexibility index (Phi) is 4.20. The normalized spacial score (nSPS) is 14.4. The summed E-state index contributed by atoms with van der Waals surface area (Å²) in [5.74, 6) is 0.0304. The number of para-hydroxylation sites is 1. The van der Waals surface area contributed by atoms with Crippen molar-refractivity contribution in [3.05, 3.63) is 47.5 Å². The molecular weight excluding hydrogens is 269 g/mol. The molecule has 4 nitrogen and oxygen atoms in total. The van der Waals surface area contributed by atoms with Gasteiger partial charge in [0.05, 0.1) is 6.20 Å². The van der Waals surface area contributed by atoms with Crippen LogP contribution in [0.2, 0.25) is 0 Å². The van der Waals surface area contributed by atoms with E-state index in [1.807, 2.05) is 23.9 Å². The van der Waals surface area contributed by atoms with E-state index in [9.17, 15) is 4.39 Å². The third-order valence-corrected chi connectivity index (χ3v) is 3.60. The number of aryl methyl sites for hydroxylation is 1. The number of hydrogen-bond donors (Lipinski definition) is 1. The SMILES string of the molecule is CCn1cc(COc2c(F)cccc2CNC2CC2)cn1. The van der Waals surface area contributed by atoms with Gasteiger partial charge in [-0.15, -0.1) is 0 Å². The van der Waals surface area contributed by atoms with Crippen LogP contribution in [0, 0.1) is 5.82 Å². The van der Waals surface area contributed by atoms with Gasteiger partial charge in [-0.25, -0.2) is 4.39 Å². The molecule has 1 aliphatic rings. The smallest absolute Gasteiger partial charge is 0.165 e. The van der Waals surface area contributed by atoms with E-state index in [1.54, 1.807) is 12.3 Å². The molecule has 0 radical (unpaired) electrons. The van der Waals surface area contributed by atoms with Crippen LogP contribution in [0.1, 0.15) is 30.9 Å². The molecule has 1 aromatic carbocycles. The first kappa shape index (κ1) is 14.1. The van der Waals surface area contributed by atoms with Crippen LogP contribution in [0.4, 0.5) is 4.39 Å². The average Bonchev–Trinajstić information content (AvgIpc) is 3.21. The predicted molar refractivity (Wildman–Crippen MR) is 78.5 cm³/mol. The maximum atomic E-state index is 14.0. The number of hydrogen-bond acceptors (Lipinski definition) is 3. The van der Waals surface area contributed by atoms with Gasteiger partial charge < -0.3 is 10.1 Å². The highest BCUT2D eigenvalue weighted by atomic mass is 19.1. The van der Waals surface area contributed by atoms with Crippen molar-refractivity contribution in [2.24, 2.45) is 0 Å². The molecule has 1 fully saturated rings. The molecule has 1 aromatic heterocycles. The molecular formula is C16H20FN3O. The van der Waals surface area contributed by atoms with Crippen LogP contribution < -0.4 is 10.1 Å². The summed E-state index contributed by atoms with van der Waals surface area (Å²) >= 11 is 0. The van der Waals surface area contributed by atoms with E-state index in [2.05, 4.69) is 10.4 Å². The minimum absolute atomic E-state index is 0.312. The summed E-state index contributed by atoms with van der Waals surface area (Å²) in [6.07, 6.45) is 6.10. The highest BCUT2D eigenvalue weighted by Crippen LogP contribution is 2.26. The van der Waals surface area contributed by atoms with Gasteiger partial charge in [0.15, 0.2) is 11.6 Å². The molecule has 3 rings (SSSR count). The lowest BCUT2D eigenvalue weighted by Crippen LogP contribution is -2.16. The fraction of sp³-hybridized carbons (Fsp3) is 0.438. The third-order valence-electron chi connectivity index (χ3n) is 3.60. The van der Waals surface area contributed by atoms with Gasteiger partial charge in [-0.3, -0.25) is 4.68 Å². The fourth-order valence-corrected chi connectivity index (χ4v) is 2.21. The number of nitrogens with one attached hydrogen (secondary N) is 1. The van der Waals surface area contributed by atoms with Gasteiger partial charge in [-0.2, -0.15) is 5.10 Å². The third kappa shape index (κ3) is 3.61. The largest absolute Gasteiger partial charge is 0.485 e. The maximum absolute atomic E-state index is 14.0. The predicted octanol–water partition coefficient (Wildman–Crippen LogP) is 2.87. The summed E-state index contributed by atoms with van der Waals surface area (Å²) in [6.45, 7) is 3.82. The number of halogens is 1. The van der Waals surface area contributed by atoms with E-state index < -0.39 is 0 Å². The van der Waals surface area contributed by atoms with Gasteiger partial charge in [-0.1, -0.05) is 12.1 Å². The number of ether oxygens (including phenoxy) is 1. The first-order valence-electron chi connectivity index (χ1n) is 7.41. The zero-order valence-corrected chi connectivity index (χ0v) is 12.2. The van der Waals surface area contributed by atoms with Crippen molar-refractivity contribution in [2.75, 3.05) is 0 Å². The molecule has 1 saturated carbocycles. The van der Waals surface area contributed by atoms with E-state index in [0.717, 1.165) is 17.7 Å². The standard InChI is InChI=1S/C16H20FN3O/c1-2-20-10-12(8-19-20)11-21-16-13(4-3-5-15(16)17)9-18-14-6-7-14/h3-5,8,10,14,18H,2,6-7,9,11H2,1H3. The van der Waals surface area contributed by atoms with Crippen LogP contribution in [0.5, 0.6) is 5.75 Å². The molecule has 5 heteroatoms. The summed E-state index contributed by atoms with van der Waals surface area (Å²) in [5.41, 5.74) is 1.81. The highest BCUT2D eigenvalue weighted by Gasteiger charge is 2.21. The van der Waals surface area contributed by atoms with Crippen molar-refractivity contribution in [1.29, 1.82) is 0 Å². The first-order chi connectivity index (χ1) is 10.3. The van der Waals surface area contributed by atoms with E-state index in [0.29, 0.717) is 24.9 Å². The van der Waals surface area contributed by atoms with Gasteiger partial charge in [0.2, 0.25) is 0 Å². The van der Waals surface area contributed by atoms with E-state index in [4.69, 9.17) is 4.74 Å². The van der Waals surface area contributed by atoms with Gasteiger partial charge in [0, 0.05) is 36.5 Å². The lowest BCUT2D eigenvalue weighted by Gasteiger charge is -2.12. The topological polar surface area (TPSA) is 39.1 Å². The monoisotopic (exact) mass is 289 g/mol. The molecule has 21 heavy (non-hydrogen) atoms. The van der Waals surface area contributed by atoms with Gasteiger partial charge in [0.1, 0.15) is 6.61 Å². The Hall–Kier alpha value is -1.88. The maximum Gasteiger partial charge on any atom is 0.165 e. The summed E-state index contributed by atoms with van der Waals surface area (Å²) in [6, 6.07) is 5.65. The summed E-state index contributed by atoms with van der Waals surface area (Å²) < 4.78 is 21.5. The van der Waals surface area contributed by atoms with Crippen LogP contribution in [0.15, 0.2) is 30.6 Å². The Labute approximate surface area is 123 Å². The quantitative estimate of drug-likeness (QED) is 0.852. The number of benzene rings is 1. The van der Waals surface area contributed by atoms with E-state index >= 15 is 0 Å². The molecule has 0 atom stereocenters. The first-order valence-corrected chi connectivity index (χ1v) is 7.41. The molecule has 1 N–H and O–H groups in total. The molecule has 0 spiro atoms. The van der Waals surface area contributed by atoms with E-state index in [1.165, 1.54) is 18.9 Å². The molecule has 0 aliphatic heterocycles. The second-order valence-corrected chi connectivity index (χ2v) is 5.38. The van der Waals surface area contributed by atoms with Crippen LogP contribution in [0.25, 0.3) is 0 Å². The highest BCUT2D eigenvalue weighted by molar-refractivity contribution is 5.35. The average molecular weight is 289 g/mol. The van der Waals surface area contributed by atoms with Crippen molar-refractivity contribution < 1.29 is 9.13 Å². The van der Waals surface area contributed by atoms with E-state index in [-0.39, 0.29) is 5.82 Å². The van der Waals surface area contributed by atoms with Crippen LogP contribution in [-0.4, -0.2) is 15.8 Å². The van der Waals surface area contributed by atoms with Crippen molar-refractivity contribution in [3.63, 3.8) is 0 Å². The zero-order chi connectivity index (χ0) is 14.7.